The van der Waals surface area contributed by atoms with Crippen LogP contribution < -0.4 is 0 Å². The first-order valence-corrected chi connectivity index (χ1v) is 7.30. The van der Waals surface area contributed by atoms with Gasteiger partial charge in [-0.2, -0.15) is 0 Å². The van der Waals surface area contributed by atoms with Crippen molar-refractivity contribution in [2.24, 2.45) is 7.05 Å². The zero-order chi connectivity index (χ0) is 14.9. The van der Waals surface area contributed by atoms with Gasteiger partial charge in [0.15, 0.2) is 0 Å². The number of rotatable bonds is 5. The molecule has 0 amide bonds. The number of carboxylic acid groups (broad SMARTS) is 1. The Morgan fingerprint density at radius 2 is 2.05 bits per heavy atom. The zero-order valence-corrected chi connectivity index (χ0v) is 12.7. The van der Waals surface area contributed by atoms with Gasteiger partial charge in [0.1, 0.15) is 0 Å². The lowest BCUT2D eigenvalue weighted by atomic mass is 9.96. The molecule has 0 aliphatic rings. The lowest BCUT2D eigenvalue weighted by Gasteiger charge is -2.10. The SMILES string of the molecule is CCCCc1cn(C)c2c(C(=O)O)cc(C(C)C)cc12. The molecule has 1 N–H and O–H groups in total. The topological polar surface area (TPSA) is 42.2 Å². The summed E-state index contributed by atoms with van der Waals surface area (Å²) in [7, 11) is 1.93. The van der Waals surface area contributed by atoms with Crippen LogP contribution in [0.25, 0.3) is 10.9 Å². The van der Waals surface area contributed by atoms with Gasteiger partial charge in [-0.3, -0.25) is 0 Å². The van der Waals surface area contributed by atoms with Crippen molar-refractivity contribution in [3.05, 3.63) is 35.0 Å². The maximum atomic E-state index is 11.6. The fourth-order valence-corrected chi connectivity index (χ4v) is 2.71. The normalized spacial score (nSPS) is 11.4. The molecule has 2 aromatic rings. The predicted octanol–water partition coefficient (Wildman–Crippen LogP) is 4.34. The van der Waals surface area contributed by atoms with Crippen molar-refractivity contribution < 1.29 is 9.90 Å². The predicted molar refractivity (Wildman–Crippen MR) is 82.6 cm³/mol. The Balaban J connectivity index is 2.70. The van der Waals surface area contributed by atoms with E-state index < -0.39 is 5.97 Å². The monoisotopic (exact) mass is 273 g/mol. The number of nitrogens with zero attached hydrogens (tertiary/aromatic N) is 1. The van der Waals surface area contributed by atoms with Crippen LogP contribution in [-0.2, 0) is 13.5 Å². The second-order valence-electron chi connectivity index (χ2n) is 5.79. The molecule has 0 saturated carbocycles. The molecular weight excluding hydrogens is 250 g/mol. The van der Waals surface area contributed by atoms with E-state index in [2.05, 4.69) is 33.0 Å². The Morgan fingerprint density at radius 3 is 2.60 bits per heavy atom. The van der Waals surface area contributed by atoms with Crippen LogP contribution in [0.4, 0.5) is 0 Å². The van der Waals surface area contributed by atoms with Crippen LogP contribution in [0.15, 0.2) is 18.3 Å². The van der Waals surface area contributed by atoms with Crippen molar-refractivity contribution in [1.82, 2.24) is 4.57 Å². The van der Waals surface area contributed by atoms with Crippen molar-refractivity contribution in [3.63, 3.8) is 0 Å². The maximum absolute atomic E-state index is 11.6. The molecule has 0 aliphatic carbocycles. The Bertz CT molecular complexity index is 638. The lowest BCUT2D eigenvalue weighted by molar-refractivity contribution is 0.0698. The maximum Gasteiger partial charge on any atom is 0.337 e. The molecule has 0 radical (unpaired) electrons. The number of carboxylic acids is 1. The number of aryl methyl sites for hydroxylation is 2. The van der Waals surface area contributed by atoms with E-state index >= 15 is 0 Å². The van der Waals surface area contributed by atoms with Gasteiger partial charge in [-0.25, -0.2) is 4.79 Å². The number of aromatic carboxylic acids is 1. The highest BCUT2D eigenvalue weighted by molar-refractivity contribution is 6.03. The highest BCUT2D eigenvalue weighted by atomic mass is 16.4. The second-order valence-corrected chi connectivity index (χ2v) is 5.79. The third kappa shape index (κ3) is 2.58. The van der Waals surface area contributed by atoms with Gasteiger partial charge in [0, 0.05) is 18.6 Å². The summed E-state index contributed by atoms with van der Waals surface area (Å²) in [4.78, 5) is 11.6. The Morgan fingerprint density at radius 1 is 1.35 bits per heavy atom. The van der Waals surface area contributed by atoms with Gasteiger partial charge in [0.25, 0.3) is 0 Å². The Labute approximate surface area is 120 Å². The average Bonchev–Trinajstić information content (AvgIpc) is 2.72. The number of hydrogen-bond donors (Lipinski definition) is 1. The van der Waals surface area contributed by atoms with Crippen molar-refractivity contribution in [2.75, 3.05) is 0 Å². The largest absolute Gasteiger partial charge is 0.478 e. The summed E-state index contributed by atoms with van der Waals surface area (Å²) in [5.74, 6) is -0.516. The van der Waals surface area contributed by atoms with Gasteiger partial charge in [-0.15, -0.1) is 0 Å². The van der Waals surface area contributed by atoms with Crippen molar-refractivity contribution in [2.45, 2.75) is 46.0 Å². The van der Waals surface area contributed by atoms with E-state index in [0.29, 0.717) is 11.5 Å². The molecule has 1 aromatic carbocycles. The van der Waals surface area contributed by atoms with Gasteiger partial charge in [-0.1, -0.05) is 27.2 Å². The smallest absolute Gasteiger partial charge is 0.337 e. The van der Waals surface area contributed by atoms with Crippen molar-refractivity contribution in [1.29, 1.82) is 0 Å². The van der Waals surface area contributed by atoms with Crippen LogP contribution in [0.5, 0.6) is 0 Å². The molecular formula is C17H23NO2. The minimum Gasteiger partial charge on any atom is -0.478 e. The van der Waals surface area contributed by atoms with Crippen LogP contribution >= 0.6 is 0 Å². The second kappa shape index (κ2) is 5.70. The third-order valence-corrected chi connectivity index (χ3v) is 3.88. The Kier molecular flexibility index (Phi) is 4.17. The van der Waals surface area contributed by atoms with Crippen LogP contribution in [-0.4, -0.2) is 15.6 Å². The van der Waals surface area contributed by atoms with E-state index in [9.17, 15) is 9.90 Å². The third-order valence-electron chi connectivity index (χ3n) is 3.88. The van der Waals surface area contributed by atoms with E-state index in [1.54, 1.807) is 0 Å². The van der Waals surface area contributed by atoms with Gasteiger partial charge in [0.2, 0.25) is 0 Å². The molecule has 3 heteroatoms. The van der Waals surface area contributed by atoms with E-state index in [0.717, 1.165) is 35.7 Å². The van der Waals surface area contributed by atoms with Crippen molar-refractivity contribution in [3.8, 4) is 0 Å². The minimum absolute atomic E-state index is 0.330. The van der Waals surface area contributed by atoms with E-state index in [1.165, 1.54) is 5.56 Å². The molecule has 0 saturated heterocycles. The number of aromatic nitrogens is 1. The summed E-state index contributed by atoms with van der Waals surface area (Å²) in [6.07, 6.45) is 5.37. The standard InChI is InChI=1S/C17H23NO2/c1-5-6-7-12-10-18(4)16-14(12)8-13(11(2)3)9-15(16)17(19)20/h8-11H,5-7H2,1-4H3,(H,19,20). The first-order chi connectivity index (χ1) is 9.45. The first-order valence-electron chi connectivity index (χ1n) is 7.30. The van der Waals surface area contributed by atoms with E-state index in [1.807, 2.05) is 17.7 Å². The van der Waals surface area contributed by atoms with Gasteiger partial charge in [0.05, 0.1) is 11.1 Å². The molecule has 1 aromatic heterocycles. The minimum atomic E-state index is -0.847. The highest BCUT2D eigenvalue weighted by Gasteiger charge is 2.17. The number of hydrogen-bond acceptors (Lipinski definition) is 1. The summed E-state index contributed by atoms with van der Waals surface area (Å²) in [6.45, 7) is 6.37. The molecule has 1 heterocycles. The Hall–Kier alpha value is -1.77. The summed E-state index contributed by atoms with van der Waals surface area (Å²) < 4.78 is 1.95. The van der Waals surface area contributed by atoms with Crippen LogP contribution in [0.2, 0.25) is 0 Å². The number of benzene rings is 1. The van der Waals surface area contributed by atoms with E-state index in [4.69, 9.17) is 0 Å². The zero-order valence-electron chi connectivity index (χ0n) is 12.7. The molecule has 0 atom stereocenters. The van der Waals surface area contributed by atoms with E-state index in [-0.39, 0.29) is 0 Å². The van der Waals surface area contributed by atoms with Gasteiger partial charge >= 0.3 is 5.97 Å². The molecule has 0 bridgehead atoms. The number of carbonyl (C=O) groups is 1. The van der Waals surface area contributed by atoms with Crippen LogP contribution in [0.3, 0.4) is 0 Å². The fourth-order valence-electron chi connectivity index (χ4n) is 2.71. The molecule has 0 aliphatic heterocycles. The molecule has 3 nitrogen and oxygen atoms in total. The summed E-state index contributed by atoms with van der Waals surface area (Å²) >= 11 is 0. The summed E-state index contributed by atoms with van der Waals surface area (Å²) in [6, 6.07) is 3.98. The fraction of sp³-hybridized carbons (Fsp3) is 0.471. The number of unbranched alkanes of at least 4 members (excludes halogenated alkanes) is 1. The van der Waals surface area contributed by atoms with Gasteiger partial charge < -0.3 is 9.67 Å². The molecule has 0 spiro atoms. The van der Waals surface area contributed by atoms with Crippen LogP contribution in [0, 0.1) is 0 Å². The van der Waals surface area contributed by atoms with Gasteiger partial charge in [-0.05, 0) is 42.0 Å². The average molecular weight is 273 g/mol. The molecule has 108 valence electrons. The first kappa shape index (κ1) is 14.6. The molecule has 20 heavy (non-hydrogen) atoms. The quantitative estimate of drug-likeness (QED) is 0.880. The van der Waals surface area contributed by atoms with Crippen LogP contribution in [0.1, 0.15) is 61.0 Å². The summed E-state index contributed by atoms with van der Waals surface area (Å²) in [5.41, 5.74) is 3.61. The summed E-state index contributed by atoms with van der Waals surface area (Å²) in [5, 5.41) is 10.6. The molecule has 2 rings (SSSR count). The van der Waals surface area contributed by atoms with Crippen molar-refractivity contribution >= 4 is 16.9 Å². The molecule has 0 unspecified atom stereocenters. The molecule has 0 fully saturated rings. The lowest BCUT2D eigenvalue weighted by Crippen LogP contribution is -2.02. The number of fused-ring (bicyclic) bond motifs is 1. The highest BCUT2D eigenvalue weighted by Crippen LogP contribution is 2.30.